The number of anilines is 1. The van der Waals surface area contributed by atoms with Gasteiger partial charge in [0.25, 0.3) is 10.0 Å². The van der Waals surface area contributed by atoms with Crippen LogP contribution in [0.3, 0.4) is 0 Å². The van der Waals surface area contributed by atoms with Gasteiger partial charge in [-0.15, -0.1) is 0 Å². The van der Waals surface area contributed by atoms with Crippen LogP contribution in [0.1, 0.15) is 24.2 Å². The highest BCUT2D eigenvalue weighted by Gasteiger charge is 2.19. The molecule has 6 heteroatoms. The second-order valence-corrected chi connectivity index (χ2v) is 8.58. The summed E-state index contributed by atoms with van der Waals surface area (Å²) in [5.41, 5.74) is 2.61. The van der Waals surface area contributed by atoms with Gasteiger partial charge < -0.3 is 4.42 Å². The molecule has 4 nitrogen and oxygen atoms in total. The van der Waals surface area contributed by atoms with Gasteiger partial charge in [-0.25, -0.2) is 8.42 Å². The fourth-order valence-corrected chi connectivity index (χ4v) is 4.47. The lowest BCUT2D eigenvalue weighted by atomic mass is 9.96. The van der Waals surface area contributed by atoms with E-state index in [1.54, 1.807) is 30.3 Å². The fourth-order valence-electron chi connectivity index (χ4n) is 3.15. The number of aryl methyl sites for hydroxylation is 2. The van der Waals surface area contributed by atoms with Crippen molar-refractivity contribution in [2.45, 2.75) is 30.6 Å². The van der Waals surface area contributed by atoms with Crippen LogP contribution in [-0.4, -0.2) is 8.42 Å². The van der Waals surface area contributed by atoms with Gasteiger partial charge >= 0.3 is 0 Å². The molecule has 1 aliphatic rings. The van der Waals surface area contributed by atoms with Crippen molar-refractivity contribution in [3.05, 3.63) is 58.3 Å². The van der Waals surface area contributed by atoms with E-state index in [2.05, 4.69) is 20.7 Å². The molecule has 0 fully saturated rings. The van der Waals surface area contributed by atoms with Gasteiger partial charge in [0, 0.05) is 27.5 Å². The third-order valence-electron chi connectivity index (χ3n) is 4.33. The van der Waals surface area contributed by atoms with Crippen LogP contribution < -0.4 is 4.72 Å². The molecule has 0 radical (unpaired) electrons. The molecule has 0 saturated heterocycles. The molecule has 1 aromatic heterocycles. The van der Waals surface area contributed by atoms with Crippen molar-refractivity contribution in [1.29, 1.82) is 0 Å². The van der Waals surface area contributed by atoms with Crippen LogP contribution in [0.4, 0.5) is 5.69 Å². The van der Waals surface area contributed by atoms with Crippen molar-refractivity contribution < 1.29 is 12.8 Å². The first-order valence-electron chi connectivity index (χ1n) is 7.86. The molecule has 24 heavy (non-hydrogen) atoms. The minimum absolute atomic E-state index is 0.236. The molecule has 4 rings (SSSR count). The summed E-state index contributed by atoms with van der Waals surface area (Å²) in [5.74, 6) is 1.05. The first kappa shape index (κ1) is 15.7. The fraction of sp³-hybridized carbons (Fsp3) is 0.222. The van der Waals surface area contributed by atoms with E-state index in [0.29, 0.717) is 5.69 Å². The summed E-state index contributed by atoms with van der Waals surface area (Å²) < 4.78 is 34.4. The zero-order chi connectivity index (χ0) is 16.7. The van der Waals surface area contributed by atoms with Gasteiger partial charge in [-0.2, -0.15) is 0 Å². The quantitative estimate of drug-likeness (QED) is 0.675. The highest BCUT2D eigenvalue weighted by Crippen LogP contribution is 2.33. The number of rotatable bonds is 3. The van der Waals surface area contributed by atoms with Crippen LogP contribution in [0, 0.1) is 0 Å². The van der Waals surface area contributed by atoms with Gasteiger partial charge in [-0.05, 0) is 61.7 Å². The first-order chi connectivity index (χ1) is 11.5. The van der Waals surface area contributed by atoms with Crippen LogP contribution in [0.2, 0.25) is 0 Å². The van der Waals surface area contributed by atoms with Crippen molar-refractivity contribution in [3.8, 4) is 0 Å². The Bertz CT molecular complexity index is 1010. The third kappa shape index (κ3) is 2.84. The van der Waals surface area contributed by atoms with Crippen LogP contribution in [0.25, 0.3) is 11.0 Å². The Morgan fingerprint density at radius 3 is 2.54 bits per heavy atom. The van der Waals surface area contributed by atoms with Gasteiger partial charge in [0.05, 0.1) is 4.90 Å². The van der Waals surface area contributed by atoms with Crippen molar-refractivity contribution in [1.82, 2.24) is 0 Å². The molecular formula is C18H16BrNO3S. The van der Waals surface area contributed by atoms with E-state index in [1.807, 2.05) is 12.1 Å². The molecule has 0 amide bonds. The third-order valence-corrected chi connectivity index (χ3v) is 6.26. The van der Waals surface area contributed by atoms with Crippen LogP contribution in [0.5, 0.6) is 0 Å². The molecule has 2 aromatic carbocycles. The second kappa shape index (κ2) is 5.93. The Labute approximate surface area is 149 Å². The standard InChI is InChI=1S/C18H16BrNO3S/c19-12-5-8-14(9-6-12)24(21,22)20-13-7-10-18-16(11-13)15-3-1-2-4-17(15)23-18/h5-11,20H,1-4H2. The molecule has 0 unspecified atom stereocenters. The molecule has 3 aromatic rings. The summed E-state index contributed by atoms with van der Waals surface area (Å²) in [5, 5.41) is 1.01. The van der Waals surface area contributed by atoms with Crippen LogP contribution >= 0.6 is 15.9 Å². The summed E-state index contributed by atoms with van der Waals surface area (Å²) in [4.78, 5) is 0.236. The number of halogens is 1. The van der Waals surface area contributed by atoms with Gasteiger partial charge in [-0.3, -0.25) is 4.72 Å². The zero-order valence-electron chi connectivity index (χ0n) is 12.9. The predicted molar refractivity (Wildman–Crippen MR) is 97.8 cm³/mol. The molecule has 0 spiro atoms. The minimum Gasteiger partial charge on any atom is -0.461 e. The highest BCUT2D eigenvalue weighted by molar-refractivity contribution is 9.10. The smallest absolute Gasteiger partial charge is 0.261 e. The number of nitrogens with one attached hydrogen (secondary N) is 1. The number of sulfonamides is 1. The molecule has 1 N–H and O–H groups in total. The Morgan fingerprint density at radius 1 is 1.00 bits per heavy atom. The van der Waals surface area contributed by atoms with E-state index in [-0.39, 0.29) is 4.90 Å². The van der Waals surface area contributed by atoms with E-state index in [0.717, 1.165) is 46.9 Å². The molecule has 0 aliphatic heterocycles. The SMILES string of the molecule is O=S(=O)(Nc1ccc2oc3c(c2c1)CCCC3)c1ccc(Br)cc1. The molecule has 1 heterocycles. The second-order valence-electron chi connectivity index (χ2n) is 5.98. The van der Waals surface area contributed by atoms with E-state index in [1.165, 1.54) is 5.56 Å². The Morgan fingerprint density at radius 2 is 1.75 bits per heavy atom. The summed E-state index contributed by atoms with van der Waals surface area (Å²) >= 11 is 3.31. The lowest BCUT2D eigenvalue weighted by Gasteiger charge is -2.10. The molecule has 124 valence electrons. The maximum Gasteiger partial charge on any atom is 0.261 e. The first-order valence-corrected chi connectivity index (χ1v) is 10.1. The normalized spacial score (nSPS) is 14.5. The maximum atomic E-state index is 12.5. The maximum absolute atomic E-state index is 12.5. The number of hydrogen-bond acceptors (Lipinski definition) is 3. The number of hydrogen-bond donors (Lipinski definition) is 1. The van der Waals surface area contributed by atoms with Gasteiger partial charge in [0.15, 0.2) is 0 Å². The van der Waals surface area contributed by atoms with Gasteiger partial charge in [0.1, 0.15) is 11.3 Å². The van der Waals surface area contributed by atoms with E-state index < -0.39 is 10.0 Å². The average molecular weight is 406 g/mol. The lowest BCUT2D eigenvalue weighted by Crippen LogP contribution is -2.12. The Hall–Kier alpha value is -1.79. The zero-order valence-corrected chi connectivity index (χ0v) is 15.3. The molecular weight excluding hydrogens is 390 g/mol. The van der Waals surface area contributed by atoms with Crippen molar-refractivity contribution in [2.75, 3.05) is 4.72 Å². The monoisotopic (exact) mass is 405 g/mol. The Kier molecular flexibility index (Phi) is 3.89. The molecule has 1 aliphatic carbocycles. The number of benzene rings is 2. The lowest BCUT2D eigenvalue weighted by molar-refractivity contribution is 0.506. The Balaban J connectivity index is 1.70. The van der Waals surface area contributed by atoms with Crippen LogP contribution in [-0.2, 0) is 22.9 Å². The van der Waals surface area contributed by atoms with Gasteiger partial charge in [-0.1, -0.05) is 15.9 Å². The molecule has 0 bridgehead atoms. The molecule has 0 atom stereocenters. The van der Waals surface area contributed by atoms with E-state index in [4.69, 9.17) is 4.42 Å². The van der Waals surface area contributed by atoms with E-state index >= 15 is 0 Å². The summed E-state index contributed by atoms with van der Waals surface area (Å²) in [6, 6.07) is 12.0. The summed E-state index contributed by atoms with van der Waals surface area (Å²) in [6.45, 7) is 0. The molecule has 0 saturated carbocycles. The largest absolute Gasteiger partial charge is 0.461 e. The van der Waals surface area contributed by atoms with Crippen molar-refractivity contribution in [2.24, 2.45) is 0 Å². The summed E-state index contributed by atoms with van der Waals surface area (Å²) in [7, 11) is -3.60. The number of fused-ring (bicyclic) bond motifs is 3. The minimum atomic E-state index is -3.60. The van der Waals surface area contributed by atoms with Gasteiger partial charge in [0.2, 0.25) is 0 Å². The average Bonchev–Trinajstić information content (AvgIpc) is 2.93. The van der Waals surface area contributed by atoms with Crippen molar-refractivity contribution in [3.63, 3.8) is 0 Å². The summed E-state index contributed by atoms with van der Waals surface area (Å²) in [6.07, 6.45) is 4.25. The number of furan rings is 1. The van der Waals surface area contributed by atoms with Crippen LogP contribution in [0.15, 0.2) is 56.2 Å². The topological polar surface area (TPSA) is 59.3 Å². The van der Waals surface area contributed by atoms with Crippen molar-refractivity contribution >= 4 is 42.6 Å². The van der Waals surface area contributed by atoms with E-state index in [9.17, 15) is 8.42 Å². The predicted octanol–water partition coefficient (Wildman–Crippen LogP) is 4.87. The highest BCUT2D eigenvalue weighted by atomic mass is 79.9.